The molecule has 1 aromatic carbocycles. The first-order valence-electron chi connectivity index (χ1n) is 4.63. The Morgan fingerprint density at radius 1 is 1.38 bits per heavy atom. The van der Waals surface area contributed by atoms with E-state index in [4.69, 9.17) is 5.11 Å². The fourth-order valence-electron chi connectivity index (χ4n) is 1.36. The molecule has 2 N–H and O–H groups in total. The summed E-state index contributed by atoms with van der Waals surface area (Å²) in [6.07, 6.45) is -1.67. The quantitative estimate of drug-likeness (QED) is 0.745. The van der Waals surface area contributed by atoms with Gasteiger partial charge in [-0.15, -0.1) is 0 Å². The van der Waals surface area contributed by atoms with Crippen LogP contribution in [0.1, 0.15) is 28.4 Å². The Morgan fingerprint density at radius 2 is 2.00 bits per heavy atom. The Balaban J connectivity index is 3.03. The van der Waals surface area contributed by atoms with E-state index in [9.17, 15) is 14.7 Å². The molecule has 0 radical (unpaired) electrons. The van der Waals surface area contributed by atoms with Crippen LogP contribution in [0.15, 0.2) is 24.3 Å². The molecule has 1 rings (SSSR count). The molecule has 1 atom stereocenters. The van der Waals surface area contributed by atoms with Crippen molar-refractivity contribution < 1.29 is 24.5 Å². The van der Waals surface area contributed by atoms with E-state index in [1.807, 2.05) is 0 Å². The van der Waals surface area contributed by atoms with Gasteiger partial charge in [-0.1, -0.05) is 18.2 Å². The molecule has 0 aromatic heterocycles. The van der Waals surface area contributed by atoms with Crippen LogP contribution in [0.3, 0.4) is 0 Å². The Hall–Kier alpha value is -1.88. The van der Waals surface area contributed by atoms with Crippen LogP contribution in [-0.4, -0.2) is 29.3 Å². The minimum atomic E-state index is -1.22. The first-order valence-corrected chi connectivity index (χ1v) is 4.63. The first-order chi connectivity index (χ1) is 7.56. The van der Waals surface area contributed by atoms with Crippen molar-refractivity contribution in [1.29, 1.82) is 0 Å². The van der Waals surface area contributed by atoms with E-state index < -0.39 is 24.5 Å². The van der Waals surface area contributed by atoms with Crippen molar-refractivity contribution in [2.24, 2.45) is 0 Å². The highest BCUT2D eigenvalue weighted by molar-refractivity contribution is 5.91. The van der Waals surface area contributed by atoms with E-state index in [1.54, 1.807) is 12.1 Å². The van der Waals surface area contributed by atoms with Crippen molar-refractivity contribution in [3.05, 3.63) is 35.4 Å². The molecule has 0 heterocycles. The molecule has 0 saturated carbocycles. The number of carboxylic acid groups (broad SMARTS) is 1. The molecule has 0 fully saturated rings. The third kappa shape index (κ3) is 2.80. The summed E-state index contributed by atoms with van der Waals surface area (Å²) < 4.78 is 4.53. The summed E-state index contributed by atoms with van der Waals surface area (Å²) in [6, 6.07) is 6.21. The summed E-state index contributed by atoms with van der Waals surface area (Å²) >= 11 is 0. The third-order valence-electron chi connectivity index (χ3n) is 2.09. The maximum absolute atomic E-state index is 11.3. The average molecular weight is 224 g/mol. The Kier molecular flexibility index (Phi) is 4.02. The Bertz CT molecular complexity index is 399. The van der Waals surface area contributed by atoms with Gasteiger partial charge in [0.05, 0.1) is 25.2 Å². The molecule has 0 saturated heterocycles. The van der Waals surface area contributed by atoms with Gasteiger partial charge in [-0.05, 0) is 11.6 Å². The summed E-state index contributed by atoms with van der Waals surface area (Å²) in [5.41, 5.74) is 0.440. The van der Waals surface area contributed by atoms with Crippen molar-refractivity contribution >= 4 is 11.9 Å². The highest BCUT2D eigenvalue weighted by Gasteiger charge is 2.19. The minimum Gasteiger partial charge on any atom is -0.481 e. The summed E-state index contributed by atoms with van der Waals surface area (Å²) in [5, 5.41) is 18.2. The average Bonchev–Trinajstić information content (AvgIpc) is 2.27. The highest BCUT2D eigenvalue weighted by Crippen LogP contribution is 2.21. The predicted octanol–water partition coefficient (Wildman–Crippen LogP) is 0.981. The number of aliphatic carboxylic acids is 1. The number of aliphatic hydroxyl groups excluding tert-OH is 1. The van der Waals surface area contributed by atoms with Crippen molar-refractivity contribution in [3.8, 4) is 0 Å². The zero-order valence-electron chi connectivity index (χ0n) is 8.71. The van der Waals surface area contributed by atoms with Gasteiger partial charge in [0.15, 0.2) is 0 Å². The summed E-state index contributed by atoms with van der Waals surface area (Å²) in [6.45, 7) is 0. The summed E-state index contributed by atoms with van der Waals surface area (Å²) in [4.78, 5) is 21.8. The minimum absolute atomic E-state index is 0.179. The lowest BCUT2D eigenvalue weighted by Gasteiger charge is -2.12. The lowest BCUT2D eigenvalue weighted by atomic mass is 10.0. The molecule has 0 amide bonds. The molecule has 86 valence electrons. The van der Waals surface area contributed by atoms with Crippen LogP contribution in [0.2, 0.25) is 0 Å². The highest BCUT2D eigenvalue weighted by atomic mass is 16.5. The smallest absolute Gasteiger partial charge is 0.338 e. The number of benzene rings is 1. The maximum atomic E-state index is 11.3. The van der Waals surface area contributed by atoms with Crippen LogP contribution in [0, 0.1) is 0 Å². The van der Waals surface area contributed by atoms with Crippen LogP contribution < -0.4 is 0 Å². The predicted molar refractivity (Wildman–Crippen MR) is 55.0 cm³/mol. The van der Waals surface area contributed by atoms with Crippen molar-refractivity contribution in [3.63, 3.8) is 0 Å². The number of esters is 1. The number of rotatable bonds is 4. The van der Waals surface area contributed by atoms with E-state index in [0.29, 0.717) is 0 Å². The lowest BCUT2D eigenvalue weighted by molar-refractivity contribution is -0.139. The number of carbonyl (C=O) groups is 2. The van der Waals surface area contributed by atoms with E-state index in [-0.39, 0.29) is 11.1 Å². The first kappa shape index (κ1) is 12.2. The Labute approximate surface area is 92.3 Å². The fourth-order valence-corrected chi connectivity index (χ4v) is 1.36. The van der Waals surface area contributed by atoms with Gasteiger partial charge in [-0.3, -0.25) is 4.79 Å². The molecular weight excluding hydrogens is 212 g/mol. The van der Waals surface area contributed by atoms with E-state index >= 15 is 0 Å². The van der Waals surface area contributed by atoms with Gasteiger partial charge in [0.2, 0.25) is 0 Å². The van der Waals surface area contributed by atoms with Crippen molar-refractivity contribution in [2.75, 3.05) is 7.11 Å². The summed E-state index contributed by atoms with van der Waals surface area (Å²) in [7, 11) is 1.22. The number of carboxylic acids is 1. The van der Waals surface area contributed by atoms with Gasteiger partial charge < -0.3 is 14.9 Å². The van der Waals surface area contributed by atoms with Gasteiger partial charge >= 0.3 is 11.9 Å². The number of carbonyl (C=O) groups excluding carboxylic acids is 1. The largest absolute Gasteiger partial charge is 0.481 e. The van der Waals surface area contributed by atoms with Gasteiger partial charge in [-0.25, -0.2) is 4.79 Å². The molecular formula is C11H12O5. The molecule has 16 heavy (non-hydrogen) atoms. The zero-order valence-corrected chi connectivity index (χ0v) is 8.71. The normalized spacial score (nSPS) is 11.9. The third-order valence-corrected chi connectivity index (χ3v) is 2.09. The molecule has 0 aliphatic heterocycles. The molecule has 0 bridgehead atoms. The van der Waals surface area contributed by atoms with Gasteiger partial charge in [0, 0.05) is 0 Å². The van der Waals surface area contributed by atoms with Crippen LogP contribution in [0.5, 0.6) is 0 Å². The molecule has 0 aliphatic carbocycles. The SMILES string of the molecule is COC(=O)c1ccccc1C(O)CC(=O)O. The van der Waals surface area contributed by atoms with Gasteiger partial charge in [0.25, 0.3) is 0 Å². The van der Waals surface area contributed by atoms with E-state index in [0.717, 1.165) is 0 Å². The van der Waals surface area contributed by atoms with E-state index in [1.165, 1.54) is 19.2 Å². The monoisotopic (exact) mass is 224 g/mol. The molecule has 1 unspecified atom stereocenters. The summed E-state index contributed by atoms with van der Waals surface area (Å²) in [5.74, 6) is -1.73. The Morgan fingerprint density at radius 3 is 2.56 bits per heavy atom. The maximum Gasteiger partial charge on any atom is 0.338 e. The molecule has 1 aromatic rings. The second kappa shape index (κ2) is 5.27. The number of ether oxygens (including phenoxy) is 1. The van der Waals surface area contributed by atoms with Crippen LogP contribution in [0.4, 0.5) is 0 Å². The molecule has 5 heteroatoms. The van der Waals surface area contributed by atoms with E-state index in [2.05, 4.69) is 4.74 Å². The van der Waals surface area contributed by atoms with Gasteiger partial charge in [-0.2, -0.15) is 0 Å². The second-order valence-electron chi connectivity index (χ2n) is 3.19. The number of methoxy groups -OCH3 is 1. The molecule has 5 nitrogen and oxygen atoms in total. The van der Waals surface area contributed by atoms with Crippen LogP contribution in [-0.2, 0) is 9.53 Å². The molecule has 0 spiro atoms. The lowest BCUT2D eigenvalue weighted by Crippen LogP contribution is -2.11. The zero-order chi connectivity index (χ0) is 12.1. The van der Waals surface area contributed by atoms with Crippen molar-refractivity contribution in [2.45, 2.75) is 12.5 Å². The number of hydrogen-bond acceptors (Lipinski definition) is 4. The van der Waals surface area contributed by atoms with Crippen molar-refractivity contribution in [1.82, 2.24) is 0 Å². The number of hydrogen-bond donors (Lipinski definition) is 2. The number of aliphatic hydroxyl groups is 1. The fraction of sp³-hybridized carbons (Fsp3) is 0.273. The molecule has 0 aliphatic rings. The van der Waals surface area contributed by atoms with Crippen LogP contribution in [0.25, 0.3) is 0 Å². The topological polar surface area (TPSA) is 83.8 Å². The van der Waals surface area contributed by atoms with Crippen LogP contribution >= 0.6 is 0 Å². The standard InChI is InChI=1S/C11H12O5/c1-16-11(15)8-5-3-2-4-7(8)9(12)6-10(13)14/h2-5,9,12H,6H2,1H3,(H,13,14). The second-order valence-corrected chi connectivity index (χ2v) is 3.19. The van der Waals surface area contributed by atoms with Gasteiger partial charge in [0.1, 0.15) is 0 Å².